The van der Waals surface area contributed by atoms with Crippen LogP contribution in [-0.2, 0) is 4.74 Å². The van der Waals surface area contributed by atoms with Crippen molar-refractivity contribution in [1.82, 2.24) is 9.97 Å². The lowest BCUT2D eigenvalue weighted by Gasteiger charge is -2.30. The Bertz CT molecular complexity index is 606. The molecule has 7 heteroatoms. The SMILES string of the molecule is CCOC1CCC(Nc2ncc(C(N)=O)c(N[C@@H](C)C(C)(C)C)n2)CC1. The first-order valence-electron chi connectivity index (χ1n) is 9.52. The molecular formula is C19H33N5O2. The number of hydrogen-bond donors (Lipinski definition) is 3. The van der Waals surface area contributed by atoms with E-state index in [0.29, 0.717) is 29.5 Å². The van der Waals surface area contributed by atoms with E-state index in [1.165, 1.54) is 6.20 Å². The number of carbonyl (C=O) groups excluding carboxylic acids is 1. The van der Waals surface area contributed by atoms with E-state index in [-0.39, 0.29) is 11.5 Å². The summed E-state index contributed by atoms with van der Waals surface area (Å²) in [5, 5.41) is 6.71. The maximum absolute atomic E-state index is 11.7. The Balaban J connectivity index is 2.08. The van der Waals surface area contributed by atoms with Crippen LogP contribution in [0.15, 0.2) is 6.20 Å². The quantitative estimate of drug-likeness (QED) is 0.687. The third-order valence-corrected chi connectivity index (χ3v) is 5.12. The smallest absolute Gasteiger partial charge is 0.254 e. The molecule has 1 aliphatic carbocycles. The van der Waals surface area contributed by atoms with Gasteiger partial charge in [0.25, 0.3) is 5.91 Å². The minimum absolute atomic E-state index is 0.0190. The van der Waals surface area contributed by atoms with E-state index in [9.17, 15) is 4.79 Å². The molecule has 0 unspecified atom stereocenters. The number of nitrogens with one attached hydrogen (secondary N) is 2. The monoisotopic (exact) mass is 363 g/mol. The lowest BCUT2D eigenvalue weighted by Crippen LogP contribution is -2.33. The summed E-state index contributed by atoms with van der Waals surface area (Å²) in [7, 11) is 0. The Kier molecular flexibility index (Phi) is 6.81. The summed E-state index contributed by atoms with van der Waals surface area (Å²) >= 11 is 0. The maximum Gasteiger partial charge on any atom is 0.254 e. The average Bonchev–Trinajstić information content (AvgIpc) is 2.56. The fourth-order valence-corrected chi connectivity index (χ4v) is 2.96. The number of aromatic nitrogens is 2. The van der Waals surface area contributed by atoms with Crippen LogP contribution in [0.4, 0.5) is 11.8 Å². The molecule has 1 fully saturated rings. The van der Waals surface area contributed by atoms with Gasteiger partial charge < -0.3 is 21.1 Å². The van der Waals surface area contributed by atoms with Crippen molar-refractivity contribution in [3.05, 3.63) is 11.8 Å². The van der Waals surface area contributed by atoms with Crippen LogP contribution in [0.2, 0.25) is 0 Å². The first kappa shape index (κ1) is 20.4. The molecule has 0 radical (unpaired) electrons. The van der Waals surface area contributed by atoms with Crippen molar-refractivity contribution in [1.29, 1.82) is 0 Å². The number of rotatable bonds is 7. The van der Waals surface area contributed by atoms with Gasteiger partial charge in [-0.05, 0) is 44.9 Å². The summed E-state index contributed by atoms with van der Waals surface area (Å²) in [4.78, 5) is 20.5. The van der Waals surface area contributed by atoms with E-state index in [0.717, 1.165) is 32.3 Å². The van der Waals surface area contributed by atoms with Crippen LogP contribution in [0.5, 0.6) is 0 Å². The molecular weight excluding hydrogens is 330 g/mol. The Morgan fingerprint density at radius 2 is 2.00 bits per heavy atom. The van der Waals surface area contributed by atoms with Crippen molar-refractivity contribution < 1.29 is 9.53 Å². The fourth-order valence-electron chi connectivity index (χ4n) is 2.96. The van der Waals surface area contributed by atoms with E-state index in [1.807, 2.05) is 6.92 Å². The second kappa shape index (κ2) is 8.66. The van der Waals surface area contributed by atoms with Gasteiger partial charge in [0, 0.05) is 24.9 Å². The first-order valence-corrected chi connectivity index (χ1v) is 9.52. The predicted molar refractivity (Wildman–Crippen MR) is 104 cm³/mol. The van der Waals surface area contributed by atoms with Gasteiger partial charge in [0.05, 0.1) is 11.7 Å². The summed E-state index contributed by atoms with van der Waals surface area (Å²) in [6, 6.07) is 0.434. The fraction of sp³-hybridized carbons (Fsp3) is 0.737. The average molecular weight is 364 g/mol. The van der Waals surface area contributed by atoms with Crippen LogP contribution in [0.25, 0.3) is 0 Å². The third-order valence-electron chi connectivity index (χ3n) is 5.12. The summed E-state index contributed by atoms with van der Waals surface area (Å²) in [5.74, 6) is 0.483. The minimum Gasteiger partial charge on any atom is -0.379 e. The summed E-state index contributed by atoms with van der Waals surface area (Å²) < 4.78 is 5.70. The van der Waals surface area contributed by atoms with Gasteiger partial charge in [0.2, 0.25) is 5.95 Å². The predicted octanol–water partition coefficient (Wildman–Crippen LogP) is 3.18. The van der Waals surface area contributed by atoms with Crippen molar-refractivity contribution >= 4 is 17.7 Å². The molecule has 1 aromatic heterocycles. The van der Waals surface area contributed by atoms with Gasteiger partial charge in [-0.25, -0.2) is 4.98 Å². The third kappa shape index (κ3) is 5.56. The van der Waals surface area contributed by atoms with Crippen LogP contribution < -0.4 is 16.4 Å². The highest BCUT2D eigenvalue weighted by Gasteiger charge is 2.24. The number of ether oxygens (including phenoxy) is 1. The van der Waals surface area contributed by atoms with E-state index in [2.05, 4.69) is 48.3 Å². The molecule has 0 spiro atoms. The molecule has 1 aliphatic rings. The van der Waals surface area contributed by atoms with Gasteiger partial charge in [0.1, 0.15) is 5.82 Å². The zero-order valence-corrected chi connectivity index (χ0v) is 16.6. The normalized spacial score (nSPS) is 21.9. The van der Waals surface area contributed by atoms with Gasteiger partial charge in [-0.15, -0.1) is 0 Å². The number of anilines is 2. The van der Waals surface area contributed by atoms with Crippen LogP contribution >= 0.6 is 0 Å². The first-order chi connectivity index (χ1) is 12.2. The van der Waals surface area contributed by atoms with Crippen molar-refractivity contribution in [2.45, 2.75) is 78.5 Å². The molecule has 0 aromatic carbocycles. The second-order valence-corrected chi connectivity index (χ2v) is 8.13. The van der Waals surface area contributed by atoms with Gasteiger partial charge in [-0.1, -0.05) is 20.8 Å². The number of nitrogens with two attached hydrogens (primary N) is 1. The Morgan fingerprint density at radius 3 is 2.54 bits per heavy atom. The molecule has 1 aromatic rings. The molecule has 146 valence electrons. The zero-order chi connectivity index (χ0) is 19.3. The molecule has 7 nitrogen and oxygen atoms in total. The summed E-state index contributed by atoms with van der Waals surface area (Å²) in [6.07, 6.45) is 5.98. The molecule has 1 atom stereocenters. The molecule has 1 amide bonds. The number of primary amides is 1. The standard InChI is InChI=1S/C19H33N5O2/c1-6-26-14-9-7-13(8-10-14)23-18-21-11-15(16(20)25)17(24-18)22-12(2)19(3,4)5/h11-14H,6-10H2,1-5H3,(H2,20,25)(H2,21,22,23,24)/t12-,13?,14?/m0/s1. The highest BCUT2D eigenvalue weighted by molar-refractivity contribution is 5.97. The minimum atomic E-state index is -0.530. The molecule has 0 bridgehead atoms. The topological polar surface area (TPSA) is 102 Å². The molecule has 0 aliphatic heterocycles. The van der Waals surface area contributed by atoms with Crippen molar-refractivity contribution in [3.63, 3.8) is 0 Å². The van der Waals surface area contributed by atoms with Crippen molar-refractivity contribution in [2.24, 2.45) is 11.1 Å². The van der Waals surface area contributed by atoms with Gasteiger partial charge in [-0.2, -0.15) is 4.98 Å². The Hall–Kier alpha value is -1.89. The van der Waals surface area contributed by atoms with Crippen molar-refractivity contribution in [3.8, 4) is 0 Å². The molecule has 1 heterocycles. The highest BCUT2D eigenvalue weighted by Crippen LogP contribution is 2.26. The second-order valence-electron chi connectivity index (χ2n) is 8.13. The number of amides is 1. The number of nitrogens with zero attached hydrogens (tertiary/aromatic N) is 2. The molecule has 0 saturated heterocycles. The number of hydrogen-bond acceptors (Lipinski definition) is 6. The molecule has 2 rings (SSSR count). The van der Waals surface area contributed by atoms with E-state index in [4.69, 9.17) is 10.5 Å². The van der Waals surface area contributed by atoms with Gasteiger partial charge in [-0.3, -0.25) is 4.79 Å². The Labute approximate surface area is 156 Å². The van der Waals surface area contributed by atoms with Crippen LogP contribution in [0.1, 0.15) is 70.7 Å². The zero-order valence-electron chi connectivity index (χ0n) is 16.6. The molecule has 26 heavy (non-hydrogen) atoms. The number of carbonyl (C=O) groups is 1. The summed E-state index contributed by atoms with van der Waals surface area (Å²) in [5.41, 5.74) is 5.81. The maximum atomic E-state index is 11.7. The largest absolute Gasteiger partial charge is 0.379 e. The van der Waals surface area contributed by atoms with Gasteiger partial charge >= 0.3 is 0 Å². The molecule has 1 saturated carbocycles. The Morgan fingerprint density at radius 1 is 1.35 bits per heavy atom. The lowest BCUT2D eigenvalue weighted by atomic mass is 9.88. The van der Waals surface area contributed by atoms with E-state index >= 15 is 0 Å². The van der Waals surface area contributed by atoms with Crippen LogP contribution in [0.3, 0.4) is 0 Å². The van der Waals surface area contributed by atoms with Gasteiger partial charge in [0.15, 0.2) is 0 Å². The van der Waals surface area contributed by atoms with Crippen LogP contribution in [-0.4, -0.2) is 40.7 Å². The van der Waals surface area contributed by atoms with Crippen molar-refractivity contribution in [2.75, 3.05) is 17.2 Å². The van der Waals surface area contributed by atoms with E-state index in [1.54, 1.807) is 0 Å². The lowest BCUT2D eigenvalue weighted by molar-refractivity contribution is 0.0346. The highest BCUT2D eigenvalue weighted by atomic mass is 16.5. The molecule has 4 N–H and O–H groups in total. The summed E-state index contributed by atoms with van der Waals surface area (Å²) in [6.45, 7) is 11.3. The van der Waals surface area contributed by atoms with E-state index < -0.39 is 5.91 Å². The van der Waals surface area contributed by atoms with Crippen LogP contribution in [0, 0.1) is 5.41 Å².